The molecule has 3 rings (SSSR count). The number of fused-ring (bicyclic) bond motifs is 1. The first-order valence-corrected chi connectivity index (χ1v) is 8.13. The van der Waals surface area contributed by atoms with Crippen LogP contribution in [0.5, 0.6) is 5.75 Å². The summed E-state index contributed by atoms with van der Waals surface area (Å²) in [4.78, 5) is 8.37. The van der Waals surface area contributed by atoms with Gasteiger partial charge in [0, 0.05) is 22.0 Å². The van der Waals surface area contributed by atoms with Gasteiger partial charge in [-0.3, -0.25) is 4.21 Å². The summed E-state index contributed by atoms with van der Waals surface area (Å²) in [5.74, 6) is 1.25. The van der Waals surface area contributed by atoms with Crippen LogP contribution < -0.4 is 4.74 Å². The molecule has 0 aliphatic heterocycles. The van der Waals surface area contributed by atoms with Gasteiger partial charge in [-0.15, -0.1) is 0 Å². The summed E-state index contributed by atoms with van der Waals surface area (Å²) < 4.78 is 17.3. The number of rotatable bonds is 5. The second-order valence-corrected chi connectivity index (χ2v) is 5.96. The zero-order chi connectivity index (χ0) is 15.5. The SMILES string of the molecule is C=CCOc1cc(S(C)=O)ccc1-c1nc2cnncc2[nH]1. The zero-order valence-corrected chi connectivity index (χ0v) is 12.8. The van der Waals surface area contributed by atoms with Crippen LogP contribution in [-0.2, 0) is 10.8 Å². The van der Waals surface area contributed by atoms with Crippen LogP contribution in [0.15, 0.2) is 48.1 Å². The maximum absolute atomic E-state index is 11.7. The maximum atomic E-state index is 11.7. The Hall–Kier alpha value is -2.54. The lowest BCUT2D eigenvalue weighted by Gasteiger charge is -2.10. The van der Waals surface area contributed by atoms with Crippen LogP contribution in [0.4, 0.5) is 0 Å². The molecule has 2 heterocycles. The highest BCUT2D eigenvalue weighted by molar-refractivity contribution is 7.84. The molecule has 2 aromatic heterocycles. The topological polar surface area (TPSA) is 80.8 Å². The van der Waals surface area contributed by atoms with Crippen molar-refractivity contribution in [2.24, 2.45) is 0 Å². The summed E-state index contributed by atoms with van der Waals surface area (Å²) in [5.41, 5.74) is 2.30. The summed E-state index contributed by atoms with van der Waals surface area (Å²) in [7, 11) is -1.08. The molecule has 0 saturated heterocycles. The smallest absolute Gasteiger partial charge is 0.142 e. The third-order valence-electron chi connectivity index (χ3n) is 3.09. The molecule has 0 fully saturated rings. The van der Waals surface area contributed by atoms with Gasteiger partial charge in [-0.05, 0) is 18.2 Å². The summed E-state index contributed by atoms with van der Waals surface area (Å²) in [6.07, 6.45) is 6.50. The average molecular weight is 314 g/mol. The van der Waals surface area contributed by atoms with Crippen molar-refractivity contribution in [3.05, 3.63) is 43.2 Å². The average Bonchev–Trinajstić information content (AvgIpc) is 2.96. The van der Waals surface area contributed by atoms with Crippen LogP contribution in [0, 0.1) is 0 Å². The number of nitrogens with one attached hydrogen (secondary N) is 1. The van der Waals surface area contributed by atoms with Gasteiger partial charge in [0.15, 0.2) is 0 Å². The van der Waals surface area contributed by atoms with E-state index in [2.05, 4.69) is 26.7 Å². The lowest BCUT2D eigenvalue weighted by molar-refractivity contribution is 0.363. The Balaban J connectivity index is 2.11. The number of hydrogen-bond acceptors (Lipinski definition) is 5. The minimum atomic E-state index is -1.08. The highest BCUT2D eigenvalue weighted by Crippen LogP contribution is 2.31. The third kappa shape index (κ3) is 2.75. The summed E-state index contributed by atoms with van der Waals surface area (Å²) in [5, 5.41) is 7.64. The normalized spacial score (nSPS) is 12.2. The van der Waals surface area contributed by atoms with E-state index in [1.54, 1.807) is 36.9 Å². The molecule has 0 radical (unpaired) electrons. The second-order valence-electron chi connectivity index (χ2n) is 4.59. The molecule has 0 amide bonds. The lowest BCUT2D eigenvalue weighted by Crippen LogP contribution is -1.98. The number of aromatic amines is 1. The van der Waals surface area contributed by atoms with Crippen LogP contribution in [0.1, 0.15) is 0 Å². The van der Waals surface area contributed by atoms with Gasteiger partial charge in [0.05, 0.1) is 23.5 Å². The zero-order valence-electron chi connectivity index (χ0n) is 11.9. The van der Waals surface area contributed by atoms with Crippen molar-refractivity contribution >= 4 is 21.8 Å². The van der Waals surface area contributed by atoms with Gasteiger partial charge in [0.1, 0.15) is 23.7 Å². The van der Waals surface area contributed by atoms with Crippen LogP contribution in [-0.4, -0.2) is 37.2 Å². The Labute approximate surface area is 129 Å². The lowest BCUT2D eigenvalue weighted by atomic mass is 10.2. The van der Waals surface area contributed by atoms with Crippen molar-refractivity contribution < 1.29 is 8.95 Å². The van der Waals surface area contributed by atoms with E-state index in [4.69, 9.17) is 4.74 Å². The van der Waals surface area contributed by atoms with Gasteiger partial charge in [-0.2, -0.15) is 10.2 Å². The van der Waals surface area contributed by atoms with E-state index in [1.807, 2.05) is 6.07 Å². The molecule has 1 atom stereocenters. The molecule has 3 aromatic rings. The minimum Gasteiger partial charge on any atom is -0.489 e. The predicted octanol–water partition coefficient (Wildman–Crippen LogP) is 2.32. The second kappa shape index (κ2) is 6.07. The largest absolute Gasteiger partial charge is 0.489 e. The van der Waals surface area contributed by atoms with Crippen molar-refractivity contribution in [2.45, 2.75) is 4.90 Å². The first-order valence-electron chi connectivity index (χ1n) is 6.57. The Morgan fingerprint density at radius 1 is 1.36 bits per heavy atom. The molecule has 7 heteroatoms. The monoisotopic (exact) mass is 314 g/mol. The number of aromatic nitrogens is 4. The molecule has 0 saturated carbocycles. The molecular weight excluding hydrogens is 300 g/mol. The Morgan fingerprint density at radius 3 is 2.91 bits per heavy atom. The molecule has 1 unspecified atom stereocenters. The fourth-order valence-electron chi connectivity index (χ4n) is 2.05. The minimum absolute atomic E-state index is 0.357. The number of imidazole rings is 1. The molecular formula is C15H14N4O2S. The van der Waals surface area contributed by atoms with Crippen molar-refractivity contribution in [2.75, 3.05) is 12.9 Å². The predicted molar refractivity (Wildman–Crippen MR) is 85.1 cm³/mol. The Kier molecular flexibility index (Phi) is 3.97. The first-order chi connectivity index (χ1) is 10.7. The molecule has 0 aliphatic carbocycles. The van der Waals surface area contributed by atoms with E-state index >= 15 is 0 Å². The number of ether oxygens (including phenoxy) is 1. The number of benzene rings is 1. The van der Waals surface area contributed by atoms with Crippen LogP contribution in [0.3, 0.4) is 0 Å². The van der Waals surface area contributed by atoms with Gasteiger partial charge < -0.3 is 9.72 Å². The van der Waals surface area contributed by atoms with E-state index in [0.717, 1.165) is 16.6 Å². The maximum Gasteiger partial charge on any atom is 0.142 e. The Morgan fingerprint density at radius 2 is 2.18 bits per heavy atom. The van der Waals surface area contributed by atoms with E-state index in [1.165, 1.54) is 0 Å². The highest BCUT2D eigenvalue weighted by Gasteiger charge is 2.13. The summed E-state index contributed by atoms with van der Waals surface area (Å²) >= 11 is 0. The molecule has 0 aliphatic rings. The number of nitrogens with zero attached hydrogens (tertiary/aromatic N) is 3. The molecule has 0 bridgehead atoms. The van der Waals surface area contributed by atoms with E-state index in [-0.39, 0.29) is 0 Å². The quantitative estimate of drug-likeness (QED) is 0.731. The molecule has 1 N–H and O–H groups in total. The van der Waals surface area contributed by atoms with Gasteiger partial charge in [-0.25, -0.2) is 4.98 Å². The van der Waals surface area contributed by atoms with E-state index < -0.39 is 10.8 Å². The van der Waals surface area contributed by atoms with Gasteiger partial charge in [-0.1, -0.05) is 12.7 Å². The Bertz CT molecular complexity index is 827. The molecule has 0 spiro atoms. The van der Waals surface area contributed by atoms with E-state index in [0.29, 0.717) is 23.1 Å². The first kappa shape index (κ1) is 14.4. The van der Waals surface area contributed by atoms with Crippen molar-refractivity contribution in [3.8, 4) is 17.1 Å². The third-order valence-corrected chi connectivity index (χ3v) is 4.01. The fourth-order valence-corrected chi connectivity index (χ4v) is 2.58. The highest BCUT2D eigenvalue weighted by atomic mass is 32.2. The van der Waals surface area contributed by atoms with Crippen LogP contribution in [0.2, 0.25) is 0 Å². The molecule has 112 valence electrons. The van der Waals surface area contributed by atoms with Gasteiger partial charge in [0.25, 0.3) is 0 Å². The summed E-state index contributed by atoms with van der Waals surface area (Å²) in [6.45, 7) is 4.00. The fraction of sp³-hybridized carbons (Fsp3) is 0.133. The van der Waals surface area contributed by atoms with Crippen LogP contribution in [0.25, 0.3) is 22.4 Å². The molecule has 1 aromatic carbocycles. The molecule has 6 nitrogen and oxygen atoms in total. The van der Waals surface area contributed by atoms with E-state index in [9.17, 15) is 4.21 Å². The van der Waals surface area contributed by atoms with Gasteiger partial charge >= 0.3 is 0 Å². The van der Waals surface area contributed by atoms with Crippen molar-refractivity contribution in [1.82, 2.24) is 20.2 Å². The number of H-pyrrole nitrogens is 1. The number of hydrogen-bond donors (Lipinski definition) is 1. The standard InChI is InChI=1S/C15H14N4O2S/c1-3-6-21-14-7-10(22(2)20)4-5-11(14)15-18-12-8-16-17-9-13(12)19-15/h3-5,7-9H,1,6H2,2H3,(H,18,19). The van der Waals surface area contributed by atoms with Crippen molar-refractivity contribution in [3.63, 3.8) is 0 Å². The molecule has 22 heavy (non-hydrogen) atoms. The summed E-state index contributed by atoms with van der Waals surface area (Å²) in [6, 6.07) is 5.41. The van der Waals surface area contributed by atoms with Gasteiger partial charge in [0.2, 0.25) is 0 Å². The van der Waals surface area contributed by atoms with Crippen LogP contribution >= 0.6 is 0 Å². The van der Waals surface area contributed by atoms with Crippen molar-refractivity contribution in [1.29, 1.82) is 0 Å².